The zero-order valence-corrected chi connectivity index (χ0v) is 36.2. The Bertz CT molecular complexity index is 4000. The number of aromatic nitrogens is 6. The summed E-state index contributed by atoms with van der Waals surface area (Å²) >= 11 is 0. The molecule has 0 saturated carbocycles. The number of rotatable bonds is 6. The average Bonchev–Trinajstić information content (AvgIpc) is 3.85. The second-order valence-electron chi connectivity index (χ2n) is 16.9. The molecule has 9 heteroatoms. The third-order valence-corrected chi connectivity index (χ3v) is 13.1. The third-order valence-electron chi connectivity index (χ3n) is 13.1. The van der Waals surface area contributed by atoms with Crippen molar-refractivity contribution in [2.45, 2.75) is 0 Å². The summed E-state index contributed by atoms with van der Waals surface area (Å²) in [6.45, 7) is 0. The number of hydrogen-bond acceptors (Lipinski definition) is 5. The molecule has 0 saturated heterocycles. The van der Waals surface area contributed by atoms with Gasteiger partial charge in [0.1, 0.15) is 0 Å². The highest BCUT2D eigenvalue weighted by Gasteiger charge is 2.19. The summed E-state index contributed by atoms with van der Waals surface area (Å²) in [6.07, 6.45) is 0. The van der Waals surface area contributed by atoms with Crippen LogP contribution in [0.3, 0.4) is 0 Å². The zero-order chi connectivity index (χ0) is 45.5. The van der Waals surface area contributed by atoms with Crippen LogP contribution in [-0.2, 0) is 0 Å². The lowest BCUT2D eigenvalue weighted by Crippen LogP contribution is -2.10. The largest absolute Gasteiger partial charge is 0.309 e. The summed E-state index contributed by atoms with van der Waals surface area (Å²) in [6, 6.07) is 70.8. The van der Waals surface area contributed by atoms with E-state index in [4.69, 9.17) is 10.1 Å². The molecule has 4 aromatic heterocycles. The number of para-hydroxylation sites is 6. The Hall–Kier alpha value is -9.47. The highest BCUT2D eigenvalue weighted by atomic mass is 16.1. The Balaban J connectivity index is 0.958. The molecule has 0 atom stereocenters. The molecule has 9 nitrogen and oxygen atoms in total. The SMILES string of the molecule is O=c1c2ccccc2n(-c2ccc(-c3nc(-c4ccc(-n5c6ccccc6c(=O)c6ccccc65)cc4)n(-c4ccc(-n5c6ccccc6c(=O)c6ccccc65)cc4)n3)cc2)c2ccccc12. The Morgan fingerprint density at radius 2 is 0.544 bits per heavy atom. The van der Waals surface area contributed by atoms with Crippen molar-refractivity contribution in [2.24, 2.45) is 0 Å². The van der Waals surface area contributed by atoms with Crippen LogP contribution in [0.4, 0.5) is 0 Å². The van der Waals surface area contributed by atoms with E-state index in [1.807, 2.05) is 211 Å². The highest BCUT2D eigenvalue weighted by molar-refractivity contribution is 5.98. The van der Waals surface area contributed by atoms with Crippen molar-refractivity contribution in [2.75, 3.05) is 0 Å². The van der Waals surface area contributed by atoms with E-state index >= 15 is 0 Å². The summed E-state index contributed by atoms with van der Waals surface area (Å²) in [7, 11) is 0. The van der Waals surface area contributed by atoms with E-state index in [2.05, 4.69) is 25.8 Å². The van der Waals surface area contributed by atoms with Crippen LogP contribution in [0, 0.1) is 0 Å². The molecule has 0 aliphatic rings. The molecule has 320 valence electrons. The van der Waals surface area contributed by atoms with Gasteiger partial charge in [-0.1, -0.05) is 72.8 Å². The standard InChI is InChI=1S/C59H36N6O3/c66-55-43-13-1-7-19-49(43)62(50-20-8-2-14-44(50)55)39-29-25-37(26-30-39)58-60-59(38-27-31-40(32-28-38)63-51-21-9-3-15-45(51)56(67)46-16-4-10-22-52(46)63)65(61-58)42-35-33-41(34-36-42)64-53-23-11-5-17-47(53)57(68)48-18-6-12-24-54(48)64/h1-36H. The van der Waals surface area contributed by atoms with Crippen LogP contribution in [0.5, 0.6) is 0 Å². The van der Waals surface area contributed by atoms with Crippen molar-refractivity contribution < 1.29 is 0 Å². The van der Waals surface area contributed by atoms with Gasteiger partial charge in [-0.15, -0.1) is 5.10 Å². The van der Waals surface area contributed by atoms with Gasteiger partial charge < -0.3 is 13.7 Å². The van der Waals surface area contributed by atoms with Gasteiger partial charge in [0.15, 0.2) is 27.9 Å². The lowest BCUT2D eigenvalue weighted by Gasteiger charge is -2.16. The van der Waals surface area contributed by atoms with Crippen LogP contribution in [0.25, 0.3) is 111 Å². The number of hydrogen-bond donors (Lipinski definition) is 0. The Labute approximate surface area is 386 Å². The second-order valence-corrected chi connectivity index (χ2v) is 16.9. The molecule has 68 heavy (non-hydrogen) atoms. The third kappa shape index (κ3) is 5.99. The van der Waals surface area contributed by atoms with Gasteiger partial charge in [0, 0.05) is 60.5 Å². The molecule has 0 aliphatic heterocycles. The molecule has 0 fully saturated rings. The van der Waals surface area contributed by atoms with Crippen LogP contribution in [0.1, 0.15) is 0 Å². The summed E-state index contributed by atoms with van der Waals surface area (Å²) in [5.74, 6) is 1.17. The summed E-state index contributed by atoms with van der Waals surface area (Å²) in [5, 5.41) is 9.11. The predicted molar refractivity (Wildman–Crippen MR) is 274 cm³/mol. The number of pyridine rings is 3. The minimum Gasteiger partial charge on any atom is -0.309 e. The van der Waals surface area contributed by atoms with Crippen LogP contribution in [-0.4, -0.2) is 28.5 Å². The first kappa shape index (κ1) is 38.9. The van der Waals surface area contributed by atoms with Gasteiger partial charge in [-0.25, -0.2) is 9.67 Å². The van der Waals surface area contributed by atoms with Crippen LogP contribution in [0.15, 0.2) is 233 Å². The molecular formula is C59H36N6O3. The topological polar surface area (TPSA) is 96.7 Å². The Morgan fingerprint density at radius 3 is 0.868 bits per heavy atom. The Morgan fingerprint density at radius 1 is 0.279 bits per heavy atom. The van der Waals surface area contributed by atoms with Crippen LogP contribution >= 0.6 is 0 Å². The smallest absolute Gasteiger partial charge is 0.197 e. The number of fused-ring (bicyclic) bond motifs is 6. The normalized spacial score (nSPS) is 11.7. The molecule has 0 N–H and O–H groups in total. The molecule has 0 radical (unpaired) electrons. The van der Waals surface area contributed by atoms with E-state index in [1.54, 1.807) is 0 Å². The Kier molecular flexibility index (Phi) is 8.78. The molecule has 13 aromatic rings. The van der Waals surface area contributed by atoms with Crippen molar-refractivity contribution >= 4 is 65.4 Å². The average molecular weight is 877 g/mol. The minimum atomic E-state index is 0.00534. The van der Waals surface area contributed by atoms with Gasteiger partial charge >= 0.3 is 0 Å². The van der Waals surface area contributed by atoms with Gasteiger partial charge in [0.05, 0.1) is 38.8 Å². The van der Waals surface area contributed by atoms with Gasteiger partial charge in [0.25, 0.3) is 0 Å². The summed E-state index contributed by atoms with van der Waals surface area (Å²) < 4.78 is 8.26. The van der Waals surface area contributed by atoms with Crippen LogP contribution in [0.2, 0.25) is 0 Å². The van der Waals surface area contributed by atoms with Gasteiger partial charge in [0.2, 0.25) is 0 Å². The molecule has 0 spiro atoms. The van der Waals surface area contributed by atoms with E-state index in [0.29, 0.717) is 44.0 Å². The van der Waals surface area contributed by atoms with E-state index in [0.717, 1.165) is 67.0 Å². The molecule has 13 rings (SSSR count). The van der Waals surface area contributed by atoms with E-state index in [-0.39, 0.29) is 16.3 Å². The first-order chi connectivity index (χ1) is 33.5. The number of benzene rings is 9. The molecule has 4 heterocycles. The quantitative estimate of drug-likeness (QED) is 0.155. The maximum absolute atomic E-state index is 13.6. The van der Waals surface area contributed by atoms with Gasteiger partial charge in [-0.2, -0.15) is 0 Å². The van der Waals surface area contributed by atoms with Crippen molar-refractivity contribution in [1.82, 2.24) is 28.5 Å². The van der Waals surface area contributed by atoms with Gasteiger partial charge in [-0.05, 0) is 146 Å². The lowest BCUT2D eigenvalue weighted by molar-refractivity contribution is 0.889. The maximum Gasteiger partial charge on any atom is 0.197 e. The fourth-order valence-electron chi connectivity index (χ4n) is 9.89. The van der Waals surface area contributed by atoms with E-state index in [1.165, 1.54) is 0 Å². The zero-order valence-electron chi connectivity index (χ0n) is 36.2. The van der Waals surface area contributed by atoms with Crippen molar-refractivity contribution in [1.29, 1.82) is 0 Å². The predicted octanol–water partition coefficient (Wildman–Crippen LogP) is 12.0. The minimum absolute atomic E-state index is 0.00534. The molecule has 0 unspecified atom stereocenters. The summed E-state index contributed by atoms with van der Waals surface area (Å²) in [4.78, 5) is 45.9. The number of nitrogens with zero attached hydrogens (tertiary/aromatic N) is 6. The monoisotopic (exact) mass is 876 g/mol. The molecule has 0 amide bonds. The first-order valence-electron chi connectivity index (χ1n) is 22.4. The molecule has 0 bridgehead atoms. The van der Waals surface area contributed by atoms with Crippen molar-refractivity contribution in [3.63, 3.8) is 0 Å². The second kappa shape index (κ2) is 15.3. The van der Waals surface area contributed by atoms with Gasteiger partial charge in [-0.3, -0.25) is 14.4 Å². The highest BCUT2D eigenvalue weighted by Crippen LogP contribution is 2.32. The fourth-order valence-corrected chi connectivity index (χ4v) is 9.89. The fraction of sp³-hybridized carbons (Fsp3) is 0. The lowest BCUT2D eigenvalue weighted by atomic mass is 10.1. The molecular weight excluding hydrogens is 841 g/mol. The van der Waals surface area contributed by atoms with E-state index in [9.17, 15) is 14.4 Å². The molecule has 9 aromatic carbocycles. The van der Waals surface area contributed by atoms with E-state index < -0.39 is 0 Å². The molecule has 0 aliphatic carbocycles. The van der Waals surface area contributed by atoms with Crippen molar-refractivity contribution in [3.05, 3.63) is 249 Å². The summed E-state index contributed by atoms with van der Waals surface area (Å²) in [5.41, 5.74) is 10.1. The van der Waals surface area contributed by atoms with Crippen LogP contribution < -0.4 is 16.3 Å². The first-order valence-corrected chi connectivity index (χ1v) is 22.4. The van der Waals surface area contributed by atoms with Crippen molar-refractivity contribution in [3.8, 4) is 45.5 Å². The maximum atomic E-state index is 13.6.